The highest BCUT2D eigenvalue weighted by atomic mass is 19.1. The van der Waals surface area contributed by atoms with Gasteiger partial charge >= 0.3 is 0 Å². The first-order valence-corrected chi connectivity index (χ1v) is 7.21. The maximum atomic E-state index is 13.0. The molecule has 2 heterocycles. The number of nitrogens with two attached hydrogens (primary N) is 1. The van der Waals surface area contributed by atoms with Crippen LogP contribution in [-0.2, 0) is 0 Å². The zero-order chi connectivity index (χ0) is 13.3. The van der Waals surface area contributed by atoms with E-state index in [1.54, 1.807) is 12.1 Å². The number of hydrogen-bond acceptors (Lipinski definition) is 3. The maximum absolute atomic E-state index is 13.0. The second-order valence-electron chi connectivity index (χ2n) is 5.79. The minimum absolute atomic E-state index is 0.0434. The standard InChI is InChI=1S/C15H22FN3/c16-12-4-6-13(7-5-12)18-15(11-17)8-10-19-9-2-1-3-14(15)19/h4-7,14,18H,1-3,8-11,17H2. The summed E-state index contributed by atoms with van der Waals surface area (Å²) in [4.78, 5) is 2.56. The van der Waals surface area contributed by atoms with Gasteiger partial charge in [0.1, 0.15) is 5.82 Å². The van der Waals surface area contributed by atoms with Gasteiger partial charge in [0.2, 0.25) is 0 Å². The van der Waals surface area contributed by atoms with Crippen molar-refractivity contribution >= 4 is 5.69 Å². The first-order chi connectivity index (χ1) is 9.23. The van der Waals surface area contributed by atoms with E-state index in [2.05, 4.69) is 10.2 Å². The molecule has 1 aromatic carbocycles. The van der Waals surface area contributed by atoms with Gasteiger partial charge in [-0.3, -0.25) is 4.90 Å². The Bertz CT molecular complexity index is 434. The molecule has 2 atom stereocenters. The summed E-state index contributed by atoms with van der Waals surface area (Å²) >= 11 is 0. The topological polar surface area (TPSA) is 41.3 Å². The number of fused-ring (bicyclic) bond motifs is 1. The molecular weight excluding hydrogens is 241 g/mol. The van der Waals surface area contributed by atoms with Crippen molar-refractivity contribution in [2.45, 2.75) is 37.3 Å². The SMILES string of the molecule is NCC1(Nc2ccc(F)cc2)CCN2CCCCC21. The van der Waals surface area contributed by atoms with Gasteiger partial charge in [-0.1, -0.05) is 6.42 Å². The van der Waals surface area contributed by atoms with Gasteiger partial charge in [-0.15, -0.1) is 0 Å². The van der Waals surface area contributed by atoms with Crippen molar-refractivity contribution < 1.29 is 4.39 Å². The molecule has 2 saturated heterocycles. The third-order valence-electron chi connectivity index (χ3n) is 4.70. The van der Waals surface area contributed by atoms with Crippen LogP contribution in [0.3, 0.4) is 0 Å². The lowest BCUT2D eigenvalue weighted by atomic mass is 9.85. The fourth-order valence-electron chi connectivity index (χ4n) is 3.65. The average molecular weight is 263 g/mol. The smallest absolute Gasteiger partial charge is 0.123 e. The molecule has 3 N–H and O–H groups in total. The van der Waals surface area contributed by atoms with Crippen molar-refractivity contribution in [1.82, 2.24) is 4.90 Å². The molecule has 0 radical (unpaired) electrons. The highest BCUT2D eigenvalue weighted by molar-refractivity contribution is 5.47. The van der Waals surface area contributed by atoms with Crippen molar-refractivity contribution in [2.24, 2.45) is 5.73 Å². The van der Waals surface area contributed by atoms with E-state index < -0.39 is 0 Å². The molecule has 2 aliphatic heterocycles. The Labute approximate surface area is 114 Å². The van der Waals surface area contributed by atoms with Crippen LogP contribution >= 0.6 is 0 Å². The molecule has 0 bridgehead atoms. The molecular formula is C15H22FN3. The van der Waals surface area contributed by atoms with Crippen molar-refractivity contribution in [3.8, 4) is 0 Å². The van der Waals surface area contributed by atoms with Crippen molar-refractivity contribution in [2.75, 3.05) is 25.0 Å². The largest absolute Gasteiger partial charge is 0.377 e. The zero-order valence-electron chi connectivity index (χ0n) is 11.2. The molecule has 0 aromatic heterocycles. The number of nitrogens with one attached hydrogen (secondary N) is 1. The van der Waals surface area contributed by atoms with Gasteiger partial charge < -0.3 is 11.1 Å². The number of piperidine rings is 1. The van der Waals surface area contributed by atoms with Crippen LogP contribution in [0.25, 0.3) is 0 Å². The molecule has 0 amide bonds. The Balaban J connectivity index is 1.81. The first kappa shape index (κ1) is 12.9. The van der Waals surface area contributed by atoms with Crippen LogP contribution in [0.15, 0.2) is 24.3 Å². The normalized spacial score (nSPS) is 31.2. The molecule has 0 saturated carbocycles. The van der Waals surface area contributed by atoms with Crippen LogP contribution in [0.1, 0.15) is 25.7 Å². The zero-order valence-corrected chi connectivity index (χ0v) is 11.2. The lowest BCUT2D eigenvalue weighted by Crippen LogP contribution is -2.56. The first-order valence-electron chi connectivity index (χ1n) is 7.21. The molecule has 2 aliphatic rings. The van der Waals surface area contributed by atoms with Crippen molar-refractivity contribution in [3.63, 3.8) is 0 Å². The highest BCUT2D eigenvalue weighted by Crippen LogP contribution is 2.37. The van der Waals surface area contributed by atoms with E-state index in [1.807, 2.05) is 0 Å². The molecule has 2 fully saturated rings. The van der Waals surface area contributed by atoms with Crippen LogP contribution in [-0.4, -0.2) is 36.1 Å². The molecule has 0 spiro atoms. The van der Waals surface area contributed by atoms with E-state index in [4.69, 9.17) is 5.73 Å². The summed E-state index contributed by atoms with van der Waals surface area (Å²) < 4.78 is 13.0. The van der Waals surface area contributed by atoms with Crippen molar-refractivity contribution in [1.29, 1.82) is 0 Å². The quantitative estimate of drug-likeness (QED) is 0.878. The molecule has 0 aliphatic carbocycles. The number of halogens is 1. The number of anilines is 1. The summed E-state index contributed by atoms with van der Waals surface area (Å²) in [6, 6.07) is 7.13. The van der Waals surface area contributed by atoms with Gasteiger partial charge in [0.15, 0.2) is 0 Å². The molecule has 3 rings (SSSR count). The molecule has 3 nitrogen and oxygen atoms in total. The van der Waals surface area contributed by atoms with Crippen molar-refractivity contribution in [3.05, 3.63) is 30.1 Å². The summed E-state index contributed by atoms with van der Waals surface area (Å²) in [6.45, 7) is 2.94. The van der Waals surface area contributed by atoms with E-state index in [1.165, 1.54) is 37.9 Å². The monoisotopic (exact) mass is 263 g/mol. The lowest BCUT2D eigenvalue weighted by Gasteiger charge is -2.41. The minimum Gasteiger partial charge on any atom is -0.377 e. The molecule has 19 heavy (non-hydrogen) atoms. The lowest BCUT2D eigenvalue weighted by molar-refractivity contribution is 0.167. The third-order valence-corrected chi connectivity index (χ3v) is 4.70. The fourth-order valence-corrected chi connectivity index (χ4v) is 3.65. The second-order valence-corrected chi connectivity index (χ2v) is 5.79. The van der Waals surface area contributed by atoms with E-state index in [0.29, 0.717) is 12.6 Å². The predicted molar refractivity (Wildman–Crippen MR) is 75.6 cm³/mol. The van der Waals surface area contributed by atoms with Crippen LogP contribution in [0.2, 0.25) is 0 Å². The Morgan fingerprint density at radius 3 is 2.79 bits per heavy atom. The number of rotatable bonds is 3. The number of nitrogens with zero attached hydrogens (tertiary/aromatic N) is 1. The average Bonchev–Trinajstić information content (AvgIpc) is 2.81. The van der Waals surface area contributed by atoms with E-state index in [-0.39, 0.29) is 11.4 Å². The Morgan fingerprint density at radius 1 is 1.26 bits per heavy atom. The Hall–Kier alpha value is -1.13. The summed E-state index contributed by atoms with van der Waals surface area (Å²) in [5, 5.41) is 3.60. The third kappa shape index (κ3) is 2.35. The maximum Gasteiger partial charge on any atom is 0.123 e. The van der Waals surface area contributed by atoms with E-state index >= 15 is 0 Å². The van der Waals surface area contributed by atoms with E-state index in [9.17, 15) is 4.39 Å². The van der Waals surface area contributed by atoms with Gasteiger partial charge in [-0.25, -0.2) is 4.39 Å². The second kappa shape index (κ2) is 5.10. The Kier molecular flexibility index (Phi) is 3.46. The molecule has 1 aromatic rings. The van der Waals surface area contributed by atoms with Gasteiger partial charge in [0.05, 0.1) is 5.54 Å². The Morgan fingerprint density at radius 2 is 2.05 bits per heavy atom. The van der Waals surface area contributed by atoms with Gasteiger partial charge in [-0.2, -0.15) is 0 Å². The molecule has 104 valence electrons. The summed E-state index contributed by atoms with van der Waals surface area (Å²) in [6.07, 6.45) is 4.87. The number of hydrogen-bond donors (Lipinski definition) is 2. The van der Waals surface area contributed by atoms with Gasteiger partial charge in [0.25, 0.3) is 0 Å². The summed E-state index contributed by atoms with van der Waals surface area (Å²) in [5.74, 6) is -0.196. The van der Waals surface area contributed by atoms with E-state index in [0.717, 1.165) is 18.7 Å². The highest BCUT2D eigenvalue weighted by Gasteiger charge is 2.46. The predicted octanol–water partition coefficient (Wildman–Crippen LogP) is 2.19. The van der Waals surface area contributed by atoms with Crippen LogP contribution in [0.5, 0.6) is 0 Å². The number of benzene rings is 1. The fraction of sp³-hybridized carbons (Fsp3) is 0.600. The molecule has 2 unspecified atom stereocenters. The van der Waals surface area contributed by atoms with Gasteiger partial charge in [0, 0.05) is 24.8 Å². The molecule has 4 heteroatoms. The van der Waals surface area contributed by atoms with Crippen LogP contribution in [0.4, 0.5) is 10.1 Å². The van der Waals surface area contributed by atoms with Crippen LogP contribution in [0, 0.1) is 5.82 Å². The summed E-state index contributed by atoms with van der Waals surface area (Å²) in [7, 11) is 0. The van der Waals surface area contributed by atoms with Gasteiger partial charge in [-0.05, 0) is 50.1 Å². The van der Waals surface area contributed by atoms with Crippen LogP contribution < -0.4 is 11.1 Å². The summed E-state index contributed by atoms with van der Waals surface area (Å²) in [5.41, 5.74) is 7.02. The minimum atomic E-state index is -0.196.